The topological polar surface area (TPSA) is 30.8 Å². The Morgan fingerprint density at radius 1 is 1.07 bits per heavy atom. The Morgan fingerprint density at radius 2 is 1.78 bits per heavy atom. The van der Waals surface area contributed by atoms with E-state index in [1.165, 1.54) is 22.3 Å². The first-order valence-electron chi connectivity index (χ1n) is 9.99. The molecule has 142 valence electrons. The quantitative estimate of drug-likeness (QED) is 0.732. The van der Waals surface area contributed by atoms with Gasteiger partial charge in [-0.1, -0.05) is 44.2 Å². The standard InChI is InChI=1S/C24H29NO2/c1-6-24(7-2)14-17-13-19(26-5)22-18(15-23(3,4)27-22)20(17)21(25-24)16-11-9-8-10-12-16/h8-13H,6-7,14-15H2,1-5H3. The van der Waals surface area contributed by atoms with E-state index >= 15 is 0 Å². The van der Waals surface area contributed by atoms with Crippen LogP contribution in [0, 0.1) is 0 Å². The van der Waals surface area contributed by atoms with Gasteiger partial charge in [0.1, 0.15) is 5.60 Å². The summed E-state index contributed by atoms with van der Waals surface area (Å²) in [5, 5.41) is 0. The highest BCUT2D eigenvalue weighted by Gasteiger charge is 2.41. The maximum Gasteiger partial charge on any atom is 0.166 e. The van der Waals surface area contributed by atoms with Crippen molar-refractivity contribution in [2.45, 2.75) is 64.5 Å². The summed E-state index contributed by atoms with van der Waals surface area (Å²) in [6, 6.07) is 12.8. The smallest absolute Gasteiger partial charge is 0.166 e. The average molecular weight is 364 g/mol. The van der Waals surface area contributed by atoms with E-state index in [1.54, 1.807) is 7.11 Å². The van der Waals surface area contributed by atoms with Crippen LogP contribution in [0.15, 0.2) is 41.4 Å². The van der Waals surface area contributed by atoms with Gasteiger partial charge >= 0.3 is 0 Å². The summed E-state index contributed by atoms with van der Waals surface area (Å²) in [6.07, 6.45) is 3.88. The lowest BCUT2D eigenvalue weighted by Crippen LogP contribution is -2.35. The second-order valence-electron chi connectivity index (χ2n) is 8.39. The molecule has 3 nitrogen and oxygen atoms in total. The first-order valence-corrected chi connectivity index (χ1v) is 9.99. The zero-order valence-electron chi connectivity index (χ0n) is 17.1. The minimum absolute atomic E-state index is 0.0492. The predicted molar refractivity (Wildman–Crippen MR) is 111 cm³/mol. The second kappa shape index (κ2) is 6.40. The normalized spacial score (nSPS) is 18.9. The van der Waals surface area contributed by atoms with E-state index in [0.29, 0.717) is 0 Å². The minimum atomic E-state index is -0.226. The fraction of sp³-hybridized carbons (Fsp3) is 0.458. The van der Waals surface area contributed by atoms with Crippen molar-refractivity contribution in [2.75, 3.05) is 7.11 Å². The summed E-state index contributed by atoms with van der Waals surface area (Å²) in [5.41, 5.74) is 5.87. The third-order valence-corrected chi connectivity index (χ3v) is 6.10. The second-order valence-corrected chi connectivity index (χ2v) is 8.39. The Kier molecular flexibility index (Phi) is 4.29. The number of nitrogens with zero attached hydrogens (tertiary/aromatic N) is 1. The number of rotatable bonds is 4. The van der Waals surface area contributed by atoms with Crippen molar-refractivity contribution in [1.82, 2.24) is 0 Å². The van der Waals surface area contributed by atoms with Gasteiger partial charge in [0.05, 0.1) is 18.4 Å². The van der Waals surface area contributed by atoms with Crippen LogP contribution < -0.4 is 9.47 Å². The Bertz CT molecular complexity index is 892. The van der Waals surface area contributed by atoms with Crippen molar-refractivity contribution in [1.29, 1.82) is 0 Å². The van der Waals surface area contributed by atoms with E-state index in [2.05, 4.69) is 64.1 Å². The molecule has 0 aliphatic carbocycles. The minimum Gasteiger partial charge on any atom is -0.493 e. The monoisotopic (exact) mass is 363 g/mol. The molecule has 2 aliphatic heterocycles. The van der Waals surface area contributed by atoms with Crippen LogP contribution in [0.25, 0.3) is 0 Å². The Morgan fingerprint density at radius 3 is 2.41 bits per heavy atom. The van der Waals surface area contributed by atoms with Crippen molar-refractivity contribution < 1.29 is 9.47 Å². The highest BCUT2D eigenvalue weighted by molar-refractivity contribution is 6.16. The highest BCUT2D eigenvalue weighted by Crippen LogP contribution is 2.48. The summed E-state index contributed by atoms with van der Waals surface area (Å²) < 4.78 is 12.0. The van der Waals surface area contributed by atoms with Crippen molar-refractivity contribution in [2.24, 2.45) is 4.99 Å². The molecule has 0 saturated carbocycles. The van der Waals surface area contributed by atoms with Crippen LogP contribution in [0.4, 0.5) is 0 Å². The van der Waals surface area contributed by atoms with E-state index in [-0.39, 0.29) is 11.1 Å². The molecule has 4 rings (SSSR count). The number of ether oxygens (including phenoxy) is 2. The van der Waals surface area contributed by atoms with Gasteiger partial charge in [-0.2, -0.15) is 0 Å². The van der Waals surface area contributed by atoms with E-state index in [0.717, 1.165) is 42.9 Å². The lowest BCUT2D eigenvalue weighted by Gasteiger charge is -2.35. The summed E-state index contributed by atoms with van der Waals surface area (Å²) >= 11 is 0. The van der Waals surface area contributed by atoms with Crippen LogP contribution in [0.3, 0.4) is 0 Å². The molecule has 0 spiro atoms. The zero-order chi connectivity index (χ0) is 19.2. The zero-order valence-corrected chi connectivity index (χ0v) is 17.1. The van der Waals surface area contributed by atoms with E-state index in [1.807, 2.05) is 0 Å². The summed E-state index contributed by atoms with van der Waals surface area (Å²) in [7, 11) is 1.73. The van der Waals surface area contributed by atoms with Gasteiger partial charge < -0.3 is 9.47 Å². The van der Waals surface area contributed by atoms with E-state index < -0.39 is 0 Å². The highest BCUT2D eigenvalue weighted by atomic mass is 16.5. The molecule has 2 heterocycles. The van der Waals surface area contributed by atoms with E-state index in [4.69, 9.17) is 14.5 Å². The number of benzene rings is 2. The molecule has 0 amide bonds. The van der Waals surface area contributed by atoms with Crippen LogP contribution in [0.5, 0.6) is 11.5 Å². The molecule has 0 N–H and O–H groups in total. The van der Waals surface area contributed by atoms with Gasteiger partial charge in [0.2, 0.25) is 0 Å². The van der Waals surface area contributed by atoms with E-state index in [9.17, 15) is 0 Å². The number of hydrogen-bond donors (Lipinski definition) is 0. The first kappa shape index (κ1) is 18.1. The van der Waals surface area contributed by atoms with Gasteiger partial charge in [-0.15, -0.1) is 0 Å². The lowest BCUT2D eigenvalue weighted by molar-refractivity contribution is 0.134. The first-order chi connectivity index (χ1) is 12.9. The SMILES string of the molecule is CCC1(CC)Cc2cc(OC)c3c(c2C(c2ccccc2)=N1)CC(C)(C)O3. The largest absolute Gasteiger partial charge is 0.493 e. The number of aliphatic imine (C=N–C) groups is 1. The molecule has 2 aromatic carbocycles. The molecule has 3 heteroatoms. The fourth-order valence-corrected chi connectivity index (χ4v) is 4.51. The molecule has 0 fully saturated rings. The molecular weight excluding hydrogens is 334 g/mol. The molecule has 27 heavy (non-hydrogen) atoms. The Hall–Kier alpha value is -2.29. The van der Waals surface area contributed by atoms with Crippen LogP contribution >= 0.6 is 0 Å². The Balaban J connectivity index is 2.00. The number of hydrogen-bond acceptors (Lipinski definition) is 3. The van der Waals surface area contributed by atoms with Crippen LogP contribution in [0.2, 0.25) is 0 Å². The van der Waals surface area contributed by atoms with Crippen LogP contribution in [-0.2, 0) is 12.8 Å². The molecule has 0 saturated heterocycles. The molecule has 0 bridgehead atoms. The molecule has 0 atom stereocenters. The average Bonchev–Trinajstić information content (AvgIpc) is 3.01. The fourth-order valence-electron chi connectivity index (χ4n) is 4.51. The van der Waals surface area contributed by atoms with Gasteiger partial charge in [-0.3, -0.25) is 4.99 Å². The summed E-state index contributed by atoms with van der Waals surface area (Å²) in [4.78, 5) is 5.36. The van der Waals surface area contributed by atoms with Crippen molar-refractivity contribution in [3.63, 3.8) is 0 Å². The summed E-state index contributed by atoms with van der Waals surface area (Å²) in [5.74, 6) is 1.75. The van der Waals surface area contributed by atoms with Gasteiger partial charge in [-0.05, 0) is 44.7 Å². The molecule has 0 unspecified atom stereocenters. The summed E-state index contributed by atoms with van der Waals surface area (Å²) in [6.45, 7) is 8.78. The lowest BCUT2D eigenvalue weighted by atomic mass is 9.77. The third kappa shape index (κ3) is 2.93. The van der Waals surface area contributed by atoms with Gasteiger partial charge in [0.25, 0.3) is 0 Å². The predicted octanol–water partition coefficient (Wildman–Crippen LogP) is 5.36. The number of methoxy groups -OCH3 is 1. The van der Waals surface area contributed by atoms with Crippen LogP contribution in [0.1, 0.15) is 62.8 Å². The van der Waals surface area contributed by atoms with Gasteiger partial charge in [0.15, 0.2) is 11.5 Å². The van der Waals surface area contributed by atoms with Crippen molar-refractivity contribution in [3.05, 3.63) is 58.7 Å². The third-order valence-electron chi connectivity index (χ3n) is 6.10. The van der Waals surface area contributed by atoms with Crippen LogP contribution in [-0.4, -0.2) is 24.0 Å². The molecule has 0 aromatic heterocycles. The van der Waals surface area contributed by atoms with Gasteiger partial charge in [0, 0.05) is 23.1 Å². The maximum atomic E-state index is 6.29. The molecular formula is C24H29NO2. The Labute approximate surface area is 162 Å². The van der Waals surface area contributed by atoms with Crippen molar-refractivity contribution in [3.8, 4) is 11.5 Å². The molecule has 2 aromatic rings. The molecule has 2 aliphatic rings. The maximum absolute atomic E-state index is 6.29. The van der Waals surface area contributed by atoms with Gasteiger partial charge in [-0.25, -0.2) is 0 Å². The molecule has 0 radical (unpaired) electrons. The van der Waals surface area contributed by atoms with Crippen molar-refractivity contribution >= 4 is 5.71 Å². The number of fused-ring (bicyclic) bond motifs is 3.